The number of rotatable bonds is 17. The van der Waals surface area contributed by atoms with Crippen LogP contribution in [0.2, 0.25) is 0 Å². The van der Waals surface area contributed by atoms with Crippen molar-refractivity contribution < 1.29 is 58.6 Å². The van der Waals surface area contributed by atoms with Crippen LogP contribution in [0.1, 0.15) is 70.2 Å². The SMILES string of the molecule is COCCOCCNc1ncc(-c2ccc(F)c(C(N)=O)c2)c([C@@H](CC(=O)Cn2nc(C(F)F)c3c2C(F)(F)CCC3(F)F)Cc2cc(F)cc(F)c2)n1. The van der Waals surface area contributed by atoms with Crippen LogP contribution in [0.4, 0.5) is 45.5 Å². The minimum Gasteiger partial charge on any atom is -0.382 e. The molecule has 290 valence electrons. The van der Waals surface area contributed by atoms with Crippen molar-refractivity contribution in [1.82, 2.24) is 19.7 Å². The Bertz CT molecular complexity index is 1990. The number of hydrogen-bond donors (Lipinski definition) is 2. The van der Waals surface area contributed by atoms with E-state index in [2.05, 4.69) is 20.4 Å². The molecule has 1 amide bonds. The second-order valence-electron chi connectivity index (χ2n) is 12.5. The molecule has 10 nitrogen and oxygen atoms in total. The first-order valence-electron chi connectivity index (χ1n) is 16.4. The lowest BCUT2D eigenvalue weighted by molar-refractivity contribution is -0.121. The second kappa shape index (κ2) is 16.5. The van der Waals surface area contributed by atoms with Gasteiger partial charge in [-0.05, 0) is 41.8 Å². The van der Waals surface area contributed by atoms with Crippen molar-refractivity contribution in [3.63, 3.8) is 0 Å². The highest BCUT2D eigenvalue weighted by Gasteiger charge is 2.55. The summed E-state index contributed by atoms with van der Waals surface area (Å²) in [7, 11) is 1.49. The van der Waals surface area contributed by atoms with Crippen molar-refractivity contribution in [1.29, 1.82) is 0 Å². The van der Waals surface area contributed by atoms with Crippen molar-refractivity contribution in [3.05, 3.63) is 93.8 Å². The predicted molar refractivity (Wildman–Crippen MR) is 174 cm³/mol. The number of nitrogens with two attached hydrogens (primary N) is 1. The third-order valence-corrected chi connectivity index (χ3v) is 8.57. The Labute approximate surface area is 301 Å². The van der Waals surface area contributed by atoms with E-state index < -0.39 is 102 Å². The molecule has 2 heterocycles. The molecule has 54 heavy (non-hydrogen) atoms. The number of nitrogens with zero attached hydrogens (tertiary/aromatic N) is 4. The van der Waals surface area contributed by atoms with Gasteiger partial charge >= 0.3 is 0 Å². The van der Waals surface area contributed by atoms with Crippen molar-refractivity contribution in [2.24, 2.45) is 5.73 Å². The van der Waals surface area contributed by atoms with Crippen LogP contribution in [-0.4, -0.2) is 64.9 Å². The first-order chi connectivity index (χ1) is 25.5. The van der Waals surface area contributed by atoms with E-state index in [0.717, 1.165) is 24.3 Å². The van der Waals surface area contributed by atoms with Crippen molar-refractivity contribution >= 4 is 17.6 Å². The summed E-state index contributed by atoms with van der Waals surface area (Å²) < 4.78 is 141. The number of Topliss-reactive ketones (excluding diaryl/α,β-unsaturated/α-hetero) is 1. The number of ketones is 1. The molecule has 1 aliphatic carbocycles. The number of carbonyl (C=O) groups excluding carboxylic acids is 2. The number of aromatic nitrogens is 4. The number of anilines is 1. The van der Waals surface area contributed by atoms with E-state index in [1.54, 1.807) is 0 Å². The van der Waals surface area contributed by atoms with Crippen LogP contribution in [0.3, 0.4) is 0 Å². The molecule has 5 rings (SSSR count). The monoisotopic (exact) mass is 772 g/mol. The van der Waals surface area contributed by atoms with Crippen LogP contribution in [0.15, 0.2) is 42.6 Å². The number of halogens is 9. The number of carbonyl (C=O) groups is 2. The fourth-order valence-corrected chi connectivity index (χ4v) is 6.20. The number of fused-ring (bicyclic) bond motifs is 1. The Balaban J connectivity index is 1.59. The lowest BCUT2D eigenvalue weighted by atomic mass is 9.86. The Morgan fingerprint density at radius 2 is 1.67 bits per heavy atom. The van der Waals surface area contributed by atoms with Crippen LogP contribution >= 0.6 is 0 Å². The lowest BCUT2D eigenvalue weighted by Gasteiger charge is -2.29. The van der Waals surface area contributed by atoms with Gasteiger partial charge in [0.15, 0.2) is 5.78 Å². The number of hydrogen-bond acceptors (Lipinski definition) is 8. The number of ether oxygens (including phenoxy) is 2. The first-order valence-corrected chi connectivity index (χ1v) is 16.4. The zero-order valence-electron chi connectivity index (χ0n) is 28.5. The molecular weight excluding hydrogens is 739 g/mol. The molecule has 2 aromatic heterocycles. The molecule has 0 radical (unpaired) electrons. The van der Waals surface area contributed by atoms with E-state index in [9.17, 15) is 40.3 Å². The lowest BCUT2D eigenvalue weighted by Crippen LogP contribution is -2.33. The Morgan fingerprint density at radius 1 is 0.963 bits per heavy atom. The Kier molecular flexibility index (Phi) is 12.3. The summed E-state index contributed by atoms with van der Waals surface area (Å²) in [5.74, 6) is -14.4. The third kappa shape index (κ3) is 9.18. The van der Waals surface area contributed by atoms with Gasteiger partial charge < -0.3 is 20.5 Å². The molecule has 0 unspecified atom stereocenters. The number of nitrogens with one attached hydrogen (secondary N) is 1. The molecule has 0 fully saturated rings. The smallest absolute Gasteiger partial charge is 0.290 e. The van der Waals surface area contributed by atoms with Crippen LogP contribution < -0.4 is 11.1 Å². The van der Waals surface area contributed by atoms with Gasteiger partial charge in [-0.25, -0.2) is 40.7 Å². The molecule has 19 heteroatoms. The van der Waals surface area contributed by atoms with Crippen LogP contribution in [0.5, 0.6) is 0 Å². The number of alkyl halides is 6. The fraction of sp³-hybridized carbons (Fsp3) is 0.400. The number of methoxy groups -OCH3 is 1. The number of primary amides is 1. The quantitative estimate of drug-likeness (QED) is 0.0882. The zero-order valence-corrected chi connectivity index (χ0v) is 28.5. The molecule has 4 aromatic rings. The second-order valence-corrected chi connectivity index (χ2v) is 12.5. The van der Waals surface area contributed by atoms with E-state index in [4.69, 9.17) is 15.2 Å². The standard InChI is InChI=1S/C35H33F9N6O4/c1-53-8-9-54-7-6-46-33-47-16-25(19-2-3-26(38)24(14-19)32(45)52)28(48-33)20(10-18-11-21(36)15-22(37)12-18)13-23(51)17-50-30-27(29(49-50)31(39)40)34(41,42)4-5-35(30,43)44/h2-3,11-12,14-16,20,31H,4-10,13,17H2,1H3,(H2,45,52)(H,46,47,48)/t20-/m1/s1. The van der Waals surface area contributed by atoms with E-state index in [-0.39, 0.29) is 59.2 Å². The van der Waals surface area contributed by atoms with Crippen molar-refractivity contribution in [3.8, 4) is 11.1 Å². The molecule has 3 N–H and O–H groups in total. The number of benzene rings is 2. The van der Waals surface area contributed by atoms with Gasteiger partial charge in [0.05, 0.1) is 36.6 Å². The molecule has 0 saturated heterocycles. The van der Waals surface area contributed by atoms with Gasteiger partial charge in [-0.3, -0.25) is 14.3 Å². The summed E-state index contributed by atoms with van der Waals surface area (Å²) in [6, 6.07) is 5.78. The predicted octanol–water partition coefficient (Wildman–Crippen LogP) is 6.83. The molecule has 0 saturated carbocycles. The summed E-state index contributed by atoms with van der Waals surface area (Å²) in [6.45, 7) is -0.263. The molecular formula is C35H33F9N6O4. The highest BCUT2D eigenvalue weighted by molar-refractivity contribution is 5.94. The minimum absolute atomic E-state index is 0.00419. The largest absolute Gasteiger partial charge is 0.382 e. The van der Waals surface area contributed by atoms with E-state index in [1.165, 1.54) is 19.4 Å². The fourth-order valence-electron chi connectivity index (χ4n) is 6.20. The maximum Gasteiger partial charge on any atom is 0.290 e. The molecule has 0 aliphatic heterocycles. The highest BCUT2D eigenvalue weighted by atomic mass is 19.3. The third-order valence-electron chi connectivity index (χ3n) is 8.57. The van der Waals surface area contributed by atoms with Crippen molar-refractivity contribution in [2.75, 3.05) is 38.8 Å². The van der Waals surface area contributed by atoms with Gasteiger partial charge in [-0.15, -0.1) is 0 Å². The van der Waals surface area contributed by atoms with Crippen molar-refractivity contribution in [2.45, 2.75) is 56.4 Å². The Hall–Kier alpha value is -5.04. The molecule has 0 spiro atoms. The average Bonchev–Trinajstić information content (AvgIpc) is 3.50. The summed E-state index contributed by atoms with van der Waals surface area (Å²) in [6.07, 6.45) is -6.31. The normalized spacial score (nSPS) is 15.2. The Morgan fingerprint density at radius 3 is 2.33 bits per heavy atom. The molecule has 0 bridgehead atoms. The van der Waals surface area contributed by atoms with E-state index in [0.29, 0.717) is 12.7 Å². The van der Waals surface area contributed by atoms with Gasteiger partial charge in [-0.1, -0.05) is 6.07 Å². The minimum atomic E-state index is -4.08. The van der Waals surface area contributed by atoms with Gasteiger partial charge in [0, 0.05) is 56.7 Å². The van der Waals surface area contributed by atoms with E-state index in [1.807, 2.05) is 0 Å². The van der Waals surface area contributed by atoms with Crippen LogP contribution in [0.25, 0.3) is 11.1 Å². The summed E-state index contributed by atoms with van der Waals surface area (Å²) >= 11 is 0. The maximum absolute atomic E-state index is 15.1. The molecule has 1 aliphatic rings. The summed E-state index contributed by atoms with van der Waals surface area (Å²) in [5.41, 5.74) is 0.237. The van der Waals surface area contributed by atoms with Gasteiger partial charge in [0.2, 0.25) is 5.95 Å². The first kappa shape index (κ1) is 40.2. The topological polar surface area (TPSA) is 134 Å². The van der Waals surface area contributed by atoms with Gasteiger partial charge in [0.25, 0.3) is 24.2 Å². The zero-order chi connectivity index (χ0) is 39.4. The van der Waals surface area contributed by atoms with Crippen LogP contribution in [0, 0.1) is 17.5 Å². The molecule has 2 aromatic carbocycles. The van der Waals surface area contributed by atoms with Crippen LogP contribution in [-0.2, 0) is 39.1 Å². The van der Waals surface area contributed by atoms with Gasteiger partial charge in [0.1, 0.15) is 35.4 Å². The number of amides is 1. The van der Waals surface area contributed by atoms with E-state index >= 15 is 8.78 Å². The maximum atomic E-state index is 15.1. The van der Waals surface area contributed by atoms with Gasteiger partial charge in [-0.2, -0.15) is 13.9 Å². The summed E-state index contributed by atoms with van der Waals surface area (Å²) in [4.78, 5) is 34.5. The highest BCUT2D eigenvalue weighted by Crippen LogP contribution is 2.52. The molecule has 1 atom stereocenters. The summed E-state index contributed by atoms with van der Waals surface area (Å²) in [5, 5.41) is 6.24. The average molecular weight is 773 g/mol.